The lowest BCUT2D eigenvalue weighted by atomic mass is 10.1. The van der Waals surface area contributed by atoms with Crippen molar-refractivity contribution in [1.29, 1.82) is 0 Å². The SMILES string of the molecule is COc1ccc(C)c2c(Cl)cc(C)nc12. The maximum Gasteiger partial charge on any atom is 0.145 e. The first-order valence-electron chi connectivity index (χ1n) is 4.74. The molecule has 0 radical (unpaired) electrons. The lowest BCUT2D eigenvalue weighted by molar-refractivity contribution is 0.419. The van der Waals surface area contributed by atoms with E-state index >= 15 is 0 Å². The standard InChI is InChI=1S/C12H12ClNO/c1-7-4-5-10(15-3)12-11(7)9(13)6-8(2)14-12/h4-6H,1-3H3. The van der Waals surface area contributed by atoms with Gasteiger partial charge in [-0.15, -0.1) is 0 Å². The van der Waals surface area contributed by atoms with Crippen molar-refractivity contribution < 1.29 is 4.74 Å². The van der Waals surface area contributed by atoms with Gasteiger partial charge < -0.3 is 4.74 Å². The van der Waals surface area contributed by atoms with Crippen molar-refractivity contribution in [2.45, 2.75) is 13.8 Å². The van der Waals surface area contributed by atoms with Gasteiger partial charge >= 0.3 is 0 Å². The van der Waals surface area contributed by atoms with Crippen molar-refractivity contribution in [1.82, 2.24) is 4.98 Å². The number of benzene rings is 1. The summed E-state index contributed by atoms with van der Waals surface area (Å²) in [5.41, 5.74) is 2.85. The zero-order chi connectivity index (χ0) is 11.0. The van der Waals surface area contributed by atoms with Crippen LogP contribution in [-0.2, 0) is 0 Å². The highest BCUT2D eigenvalue weighted by Gasteiger charge is 2.09. The molecule has 1 aromatic carbocycles. The van der Waals surface area contributed by atoms with E-state index in [1.54, 1.807) is 7.11 Å². The zero-order valence-corrected chi connectivity index (χ0v) is 9.72. The Morgan fingerprint density at radius 3 is 2.67 bits per heavy atom. The van der Waals surface area contributed by atoms with Gasteiger partial charge in [0.2, 0.25) is 0 Å². The van der Waals surface area contributed by atoms with E-state index < -0.39 is 0 Å². The highest BCUT2D eigenvalue weighted by molar-refractivity contribution is 6.35. The molecule has 0 N–H and O–H groups in total. The number of pyridine rings is 1. The summed E-state index contributed by atoms with van der Waals surface area (Å²) in [4.78, 5) is 4.46. The molecule has 0 aliphatic heterocycles. The molecule has 0 fully saturated rings. The third-order valence-corrected chi connectivity index (χ3v) is 2.73. The first-order chi connectivity index (χ1) is 7.13. The molecule has 0 saturated carbocycles. The number of hydrogen-bond donors (Lipinski definition) is 0. The van der Waals surface area contributed by atoms with Crippen LogP contribution in [0, 0.1) is 13.8 Å². The Hall–Kier alpha value is -1.28. The number of methoxy groups -OCH3 is 1. The van der Waals surface area contributed by atoms with Gasteiger partial charge in [0.15, 0.2) is 0 Å². The van der Waals surface area contributed by atoms with E-state index in [-0.39, 0.29) is 0 Å². The molecule has 0 aliphatic rings. The number of ether oxygens (including phenoxy) is 1. The second-order valence-electron chi connectivity index (χ2n) is 3.55. The molecule has 2 rings (SSSR count). The predicted molar refractivity (Wildman–Crippen MR) is 62.8 cm³/mol. The van der Waals surface area contributed by atoms with Gasteiger partial charge in [-0.2, -0.15) is 0 Å². The van der Waals surface area contributed by atoms with Crippen LogP contribution >= 0.6 is 11.6 Å². The minimum Gasteiger partial charge on any atom is -0.494 e. The van der Waals surface area contributed by atoms with Gasteiger partial charge in [0.25, 0.3) is 0 Å². The smallest absolute Gasteiger partial charge is 0.145 e. The molecule has 78 valence electrons. The van der Waals surface area contributed by atoms with Gasteiger partial charge in [-0.3, -0.25) is 0 Å². The third kappa shape index (κ3) is 1.65. The van der Waals surface area contributed by atoms with Crippen molar-refractivity contribution in [3.63, 3.8) is 0 Å². The summed E-state index contributed by atoms with van der Waals surface area (Å²) < 4.78 is 5.27. The zero-order valence-electron chi connectivity index (χ0n) is 8.97. The Balaban J connectivity index is 2.93. The largest absolute Gasteiger partial charge is 0.494 e. The molecular weight excluding hydrogens is 210 g/mol. The molecule has 3 heteroatoms. The monoisotopic (exact) mass is 221 g/mol. The Morgan fingerprint density at radius 1 is 1.27 bits per heavy atom. The minimum absolute atomic E-state index is 0.730. The number of fused-ring (bicyclic) bond motifs is 1. The average Bonchev–Trinajstić information content (AvgIpc) is 2.17. The fourth-order valence-electron chi connectivity index (χ4n) is 1.71. The van der Waals surface area contributed by atoms with Crippen LogP contribution in [0.25, 0.3) is 10.9 Å². The van der Waals surface area contributed by atoms with Crippen LogP contribution in [0.4, 0.5) is 0 Å². The minimum atomic E-state index is 0.730. The molecule has 0 amide bonds. The number of halogens is 1. The fraction of sp³-hybridized carbons (Fsp3) is 0.250. The first-order valence-corrected chi connectivity index (χ1v) is 5.11. The first kappa shape index (κ1) is 10.2. The van der Waals surface area contributed by atoms with E-state index in [0.717, 1.165) is 32.9 Å². The number of hydrogen-bond acceptors (Lipinski definition) is 2. The highest BCUT2D eigenvalue weighted by atomic mass is 35.5. The molecule has 1 aromatic heterocycles. The summed E-state index contributed by atoms with van der Waals surface area (Å²) in [6.07, 6.45) is 0. The van der Waals surface area contributed by atoms with Crippen LogP contribution in [0.3, 0.4) is 0 Å². The average molecular weight is 222 g/mol. The molecular formula is C12H12ClNO. The quantitative estimate of drug-likeness (QED) is 0.735. The lowest BCUT2D eigenvalue weighted by Crippen LogP contribution is -1.92. The van der Waals surface area contributed by atoms with Crippen molar-refractivity contribution in [2.24, 2.45) is 0 Å². The van der Waals surface area contributed by atoms with E-state index in [1.165, 1.54) is 0 Å². The summed E-state index contributed by atoms with van der Waals surface area (Å²) in [5, 5.41) is 1.70. The Labute approximate surface area is 93.8 Å². The van der Waals surface area contributed by atoms with Crippen molar-refractivity contribution in [3.05, 3.63) is 34.5 Å². The molecule has 0 unspecified atom stereocenters. The van der Waals surface area contributed by atoms with Gasteiger partial charge in [-0.25, -0.2) is 4.98 Å². The van der Waals surface area contributed by atoms with Crippen molar-refractivity contribution in [2.75, 3.05) is 7.11 Å². The fourth-order valence-corrected chi connectivity index (χ4v) is 2.11. The lowest BCUT2D eigenvalue weighted by Gasteiger charge is -2.09. The van der Waals surface area contributed by atoms with E-state index in [2.05, 4.69) is 4.98 Å². The molecule has 0 bridgehead atoms. The van der Waals surface area contributed by atoms with Crippen LogP contribution in [0.15, 0.2) is 18.2 Å². The summed E-state index contributed by atoms with van der Waals surface area (Å²) in [7, 11) is 1.64. The topological polar surface area (TPSA) is 22.1 Å². The van der Waals surface area contributed by atoms with Crippen molar-refractivity contribution in [3.8, 4) is 5.75 Å². The summed E-state index contributed by atoms with van der Waals surface area (Å²) >= 11 is 6.20. The second-order valence-corrected chi connectivity index (χ2v) is 3.96. The van der Waals surface area contributed by atoms with Gasteiger partial charge in [0.05, 0.1) is 12.1 Å². The van der Waals surface area contributed by atoms with E-state index in [1.807, 2.05) is 32.0 Å². The molecule has 2 aromatic rings. The molecule has 0 atom stereocenters. The highest BCUT2D eigenvalue weighted by Crippen LogP contribution is 2.32. The molecule has 0 aliphatic carbocycles. The molecule has 0 saturated heterocycles. The van der Waals surface area contributed by atoms with Gasteiger partial charge in [-0.05, 0) is 31.5 Å². The second kappa shape index (κ2) is 3.70. The normalized spacial score (nSPS) is 10.7. The molecule has 2 nitrogen and oxygen atoms in total. The van der Waals surface area contributed by atoms with Crippen LogP contribution in [0.5, 0.6) is 5.75 Å². The Morgan fingerprint density at radius 2 is 2.00 bits per heavy atom. The molecule has 0 spiro atoms. The Bertz CT molecular complexity index is 523. The van der Waals surface area contributed by atoms with Gasteiger partial charge in [-0.1, -0.05) is 17.7 Å². The van der Waals surface area contributed by atoms with Crippen LogP contribution in [0.2, 0.25) is 5.02 Å². The summed E-state index contributed by atoms with van der Waals surface area (Å²) in [5.74, 6) is 0.765. The van der Waals surface area contributed by atoms with E-state index in [4.69, 9.17) is 16.3 Å². The number of aryl methyl sites for hydroxylation is 2. The van der Waals surface area contributed by atoms with Crippen LogP contribution in [-0.4, -0.2) is 12.1 Å². The van der Waals surface area contributed by atoms with E-state index in [9.17, 15) is 0 Å². The maximum absolute atomic E-state index is 6.20. The van der Waals surface area contributed by atoms with Gasteiger partial charge in [0, 0.05) is 11.1 Å². The maximum atomic E-state index is 6.20. The van der Waals surface area contributed by atoms with Gasteiger partial charge in [0.1, 0.15) is 11.3 Å². The van der Waals surface area contributed by atoms with E-state index in [0.29, 0.717) is 0 Å². The third-order valence-electron chi connectivity index (χ3n) is 2.43. The number of rotatable bonds is 1. The van der Waals surface area contributed by atoms with Crippen molar-refractivity contribution >= 4 is 22.5 Å². The summed E-state index contributed by atoms with van der Waals surface area (Å²) in [6, 6.07) is 5.78. The molecule has 1 heterocycles. The molecule has 15 heavy (non-hydrogen) atoms. The summed E-state index contributed by atoms with van der Waals surface area (Å²) in [6.45, 7) is 3.94. The number of nitrogens with zero attached hydrogens (tertiary/aromatic N) is 1. The predicted octanol–water partition coefficient (Wildman–Crippen LogP) is 3.51. The Kier molecular flexibility index (Phi) is 2.53. The number of aromatic nitrogens is 1. The van der Waals surface area contributed by atoms with Crippen LogP contribution in [0.1, 0.15) is 11.3 Å². The van der Waals surface area contributed by atoms with Crippen LogP contribution < -0.4 is 4.74 Å².